The van der Waals surface area contributed by atoms with E-state index in [1.807, 2.05) is 30.5 Å². The molecule has 1 saturated carbocycles. The number of hydrogen-bond donors (Lipinski definition) is 2. The van der Waals surface area contributed by atoms with E-state index in [-0.39, 0.29) is 0 Å². The van der Waals surface area contributed by atoms with Crippen LogP contribution in [0.25, 0.3) is 10.9 Å². The Bertz CT molecular complexity index is 921. The summed E-state index contributed by atoms with van der Waals surface area (Å²) < 4.78 is 5.22. The summed E-state index contributed by atoms with van der Waals surface area (Å²) in [6.45, 7) is 0.905. The summed E-state index contributed by atoms with van der Waals surface area (Å²) in [6, 6.07) is 17.3. The molecule has 0 aliphatic heterocycles. The largest absolute Gasteiger partial charge is 0.497 e. The van der Waals surface area contributed by atoms with E-state index in [0.717, 1.165) is 46.7 Å². The summed E-state index contributed by atoms with van der Waals surface area (Å²) in [5.41, 5.74) is 3.38. The fraction of sp³-hybridized carbons (Fsp3) is 0.348. The number of benzene rings is 2. The molecule has 0 radical (unpaired) electrons. The fourth-order valence-corrected chi connectivity index (χ4v) is 4.08. The molecule has 5 heteroatoms. The normalized spacial score (nSPS) is 19.5. The van der Waals surface area contributed by atoms with Crippen LogP contribution in [0.1, 0.15) is 31.2 Å². The Morgan fingerprint density at radius 2 is 1.75 bits per heavy atom. The van der Waals surface area contributed by atoms with E-state index in [4.69, 9.17) is 16.3 Å². The molecule has 0 bridgehead atoms. The third-order valence-electron chi connectivity index (χ3n) is 5.55. The first kappa shape index (κ1) is 19.0. The molecule has 2 N–H and O–H groups in total. The highest BCUT2D eigenvalue weighted by molar-refractivity contribution is 6.31. The summed E-state index contributed by atoms with van der Waals surface area (Å²) in [7, 11) is 1.70. The summed E-state index contributed by atoms with van der Waals surface area (Å²) in [5, 5.41) is 9.28. The second kappa shape index (κ2) is 8.80. The first-order valence-corrected chi connectivity index (χ1v) is 10.3. The van der Waals surface area contributed by atoms with Crippen molar-refractivity contribution in [1.29, 1.82) is 0 Å². The predicted octanol–water partition coefficient (Wildman–Crippen LogP) is 5.41. The van der Waals surface area contributed by atoms with Crippen LogP contribution in [0.4, 0.5) is 5.69 Å². The first-order valence-electron chi connectivity index (χ1n) is 9.88. The number of nitrogens with zero attached hydrogens (tertiary/aromatic N) is 1. The lowest BCUT2D eigenvalue weighted by atomic mass is 9.90. The number of hydrogen-bond acceptors (Lipinski definition) is 4. The van der Waals surface area contributed by atoms with Gasteiger partial charge in [-0.15, -0.1) is 0 Å². The van der Waals surface area contributed by atoms with Gasteiger partial charge < -0.3 is 15.4 Å². The average Bonchev–Trinajstić information content (AvgIpc) is 2.73. The van der Waals surface area contributed by atoms with E-state index in [0.29, 0.717) is 12.1 Å². The van der Waals surface area contributed by atoms with E-state index >= 15 is 0 Å². The average molecular weight is 396 g/mol. The maximum Gasteiger partial charge on any atom is 0.118 e. The van der Waals surface area contributed by atoms with Crippen LogP contribution in [0.2, 0.25) is 5.02 Å². The van der Waals surface area contributed by atoms with Gasteiger partial charge in [-0.2, -0.15) is 0 Å². The van der Waals surface area contributed by atoms with Gasteiger partial charge >= 0.3 is 0 Å². The van der Waals surface area contributed by atoms with Crippen molar-refractivity contribution >= 4 is 28.2 Å². The minimum atomic E-state index is 0.500. The van der Waals surface area contributed by atoms with Gasteiger partial charge in [0.05, 0.1) is 12.6 Å². The number of pyridine rings is 1. The Kier molecular flexibility index (Phi) is 5.98. The van der Waals surface area contributed by atoms with Crippen molar-refractivity contribution in [3.8, 4) is 5.75 Å². The molecule has 1 aromatic heterocycles. The van der Waals surface area contributed by atoms with Crippen molar-refractivity contribution in [3.63, 3.8) is 0 Å². The molecule has 0 spiro atoms. The van der Waals surface area contributed by atoms with E-state index in [2.05, 4.69) is 39.9 Å². The molecule has 1 fully saturated rings. The van der Waals surface area contributed by atoms with Crippen LogP contribution in [0, 0.1) is 0 Å². The number of anilines is 1. The van der Waals surface area contributed by atoms with Crippen LogP contribution in [-0.2, 0) is 6.54 Å². The highest BCUT2D eigenvalue weighted by atomic mass is 35.5. The zero-order valence-electron chi connectivity index (χ0n) is 16.1. The lowest BCUT2D eigenvalue weighted by molar-refractivity contribution is 0.353. The monoisotopic (exact) mass is 395 g/mol. The van der Waals surface area contributed by atoms with Crippen LogP contribution < -0.4 is 15.4 Å². The number of methoxy groups -OCH3 is 1. The summed E-state index contributed by atoms with van der Waals surface area (Å²) in [4.78, 5) is 4.43. The van der Waals surface area contributed by atoms with Gasteiger partial charge in [-0.3, -0.25) is 4.98 Å². The van der Waals surface area contributed by atoms with Crippen molar-refractivity contribution in [3.05, 3.63) is 65.3 Å². The van der Waals surface area contributed by atoms with Gasteiger partial charge in [-0.05, 0) is 67.6 Å². The topological polar surface area (TPSA) is 46.2 Å². The number of nitrogens with one attached hydrogen (secondary N) is 2. The molecule has 1 heterocycles. The van der Waals surface area contributed by atoms with Crippen LogP contribution in [0.15, 0.2) is 54.7 Å². The fourth-order valence-electron chi connectivity index (χ4n) is 3.91. The van der Waals surface area contributed by atoms with Gasteiger partial charge in [0, 0.05) is 40.9 Å². The number of aromatic nitrogens is 1. The number of fused-ring (bicyclic) bond motifs is 1. The van der Waals surface area contributed by atoms with Crippen molar-refractivity contribution < 1.29 is 4.74 Å². The highest BCUT2D eigenvalue weighted by Crippen LogP contribution is 2.28. The van der Waals surface area contributed by atoms with E-state index in [9.17, 15) is 0 Å². The Morgan fingerprint density at radius 3 is 2.50 bits per heavy atom. The Morgan fingerprint density at radius 1 is 1.00 bits per heavy atom. The second-order valence-corrected chi connectivity index (χ2v) is 7.88. The molecule has 0 atom stereocenters. The number of rotatable bonds is 6. The van der Waals surface area contributed by atoms with Crippen molar-refractivity contribution in [2.75, 3.05) is 12.4 Å². The van der Waals surface area contributed by atoms with E-state index in [1.165, 1.54) is 18.4 Å². The lowest BCUT2D eigenvalue weighted by Crippen LogP contribution is -2.36. The van der Waals surface area contributed by atoms with Crippen molar-refractivity contribution in [2.24, 2.45) is 0 Å². The molecule has 1 aliphatic carbocycles. The van der Waals surface area contributed by atoms with Crippen molar-refractivity contribution in [2.45, 2.75) is 44.3 Å². The number of ether oxygens (including phenoxy) is 1. The molecule has 146 valence electrons. The van der Waals surface area contributed by atoms with Crippen LogP contribution in [0.3, 0.4) is 0 Å². The van der Waals surface area contributed by atoms with E-state index < -0.39 is 0 Å². The smallest absolute Gasteiger partial charge is 0.118 e. The van der Waals surface area contributed by atoms with Gasteiger partial charge in [0.2, 0.25) is 0 Å². The third kappa shape index (κ3) is 4.57. The lowest BCUT2D eigenvalue weighted by Gasteiger charge is -2.30. The molecule has 0 saturated heterocycles. The molecular formula is C23H26ClN3O. The summed E-state index contributed by atoms with van der Waals surface area (Å²) >= 11 is 6.09. The first-order chi connectivity index (χ1) is 13.7. The minimum absolute atomic E-state index is 0.500. The highest BCUT2D eigenvalue weighted by Gasteiger charge is 2.21. The van der Waals surface area contributed by atoms with Crippen molar-refractivity contribution in [1.82, 2.24) is 10.3 Å². The van der Waals surface area contributed by atoms with Gasteiger partial charge in [0.25, 0.3) is 0 Å². The number of halogens is 1. The molecule has 2 aromatic carbocycles. The Labute approximate surface area is 171 Å². The van der Waals surface area contributed by atoms with Gasteiger partial charge in [-0.1, -0.05) is 23.7 Å². The molecule has 1 aliphatic rings. The van der Waals surface area contributed by atoms with Gasteiger partial charge in [-0.25, -0.2) is 0 Å². The molecule has 4 nitrogen and oxygen atoms in total. The molecular weight excluding hydrogens is 370 g/mol. The molecule has 4 rings (SSSR count). The molecule has 0 unspecified atom stereocenters. The quantitative estimate of drug-likeness (QED) is 0.585. The zero-order chi connectivity index (χ0) is 19.3. The van der Waals surface area contributed by atoms with Crippen LogP contribution in [0.5, 0.6) is 5.75 Å². The summed E-state index contributed by atoms with van der Waals surface area (Å²) in [6.07, 6.45) is 6.55. The molecule has 3 aromatic rings. The van der Waals surface area contributed by atoms with E-state index in [1.54, 1.807) is 7.11 Å². The van der Waals surface area contributed by atoms with Crippen LogP contribution >= 0.6 is 11.6 Å². The summed E-state index contributed by atoms with van der Waals surface area (Å²) in [5.74, 6) is 0.904. The molecule has 0 amide bonds. The predicted molar refractivity (Wildman–Crippen MR) is 116 cm³/mol. The third-order valence-corrected chi connectivity index (χ3v) is 5.78. The van der Waals surface area contributed by atoms with Crippen LogP contribution in [-0.4, -0.2) is 24.2 Å². The zero-order valence-corrected chi connectivity index (χ0v) is 16.9. The van der Waals surface area contributed by atoms with Gasteiger partial charge in [0.1, 0.15) is 5.75 Å². The second-order valence-electron chi connectivity index (χ2n) is 7.44. The Balaban J connectivity index is 1.29. The minimum Gasteiger partial charge on any atom is -0.497 e. The Hall–Kier alpha value is -2.30. The maximum atomic E-state index is 6.09. The SMILES string of the molecule is COc1ccc(CNC2CCC(Nc3ccnc4cc(Cl)ccc34)CC2)cc1. The maximum absolute atomic E-state index is 6.09. The standard InChI is InChI=1S/C23H26ClN3O/c1-28-20-9-2-16(3-10-20)15-26-18-5-7-19(8-6-18)27-22-12-13-25-23-14-17(24)4-11-21(22)23/h2-4,9-14,18-19,26H,5-8,15H2,1H3,(H,25,27). The molecule has 28 heavy (non-hydrogen) atoms. The van der Waals surface area contributed by atoms with Gasteiger partial charge in [0.15, 0.2) is 0 Å².